The summed E-state index contributed by atoms with van der Waals surface area (Å²) >= 11 is 12.4. The molecule has 0 aliphatic carbocycles. The topological polar surface area (TPSA) is 81.7 Å². The Morgan fingerprint density at radius 1 is 1.08 bits per heavy atom. The zero-order valence-electron chi connectivity index (χ0n) is 18.3. The van der Waals surface area contributed by atoms with E-state index < -0.39 is 53.5 Å². The smallest absolute Gasteiger partial charge is 0.375 e. The lowest BCUT2D eigenvalue weighted by Crippen LogP contribution is -2.48. The standard InChI is InChI=1S/C24H14Cl2F5N3O3/c25-10-5-14-19(20(33-21(14)35)13-7-11(27)1-3-16(13)26)17(6-10)32-22(36)34-9-23(37,24(29,30)31)15-8-12(28)2-4-18(15)34/h1-8,20,37H,9H2,(H,32,36)(H,33,35)/t20-,23-/m0/s1. The maximum absolute atomic E-state index is 14.0. The molecule has 2 aliphatic heterocycles. The van der Waals surface area contributed by atoms with Crippen molar-refractivity contribution in [2.75, 3.05) is 16.8 Å². The number of nitrogens with zero attached hydrogens (tertiary/aromatic N) is 1. The third-order valence-electron chi connectivity index (χ3n) is 6.26. The maximum atomic E-state index is 14.0. The van der Waals surface area contributed by atoms with Gasteiger partial charge in [0.2, 0.25) is 5.60 Å². The van der Waals surface area contributed by atoms with Gasteiger partial charge in [-0.05, 0) is 48.5 Å². The summed E-state index contributed by atoms with van der Waals surface area (Å²) < 4.78 is 69.1. The van der Waals surface area contributed by atoms with Crippen molar-refractivity contribution in [3.8, 4) is 0 Å². The Morgan fingerprint density at radius 3 is 2.46 bits per heavy atom. The molecule has 192 valence electrons. The number of β-amino-alcohol motifs (C(OH)–C–C–N with tert-alkyl or cyclic N) is 1. The lowest BCUT2D eigenvalue weighted by Gasteiger charge is -2.27. The SMILES string of the molecule is O=C1N[C@@H](c2cc(F)ccc2Cl)c2c(NC(=O)N3C[C@@](O)(C(F)(F)F)c4cc(F)ccc43)cc(Cl)cc21. The van der Waals surface area contributed by atoms with Gasteiger partial charge in [0.1, 0.15) is 11.6 Å². The summed E-state index contributed by atoms with van der Waals surface area (Å²) in [4.78, 5) is 26.5. The van der Waals surface area contributed by atoms with Gasteiger partial charge in [0.15, 0.2) is 0 Å². The summed E-state index contributed by atoms with van der Waals surface area (Å²) in [5.74, 6) is -2.28. The minimum atomic E-state index is -5.22. The van der Waals surface area contributed by atoms with E-state index in [1.54, 1.807) is 0 Å². The summed E-state index contributed by atoms with van der Waals surface area (Å²) in [6, 6.07) is 6.22. The number of halogens is 7. The summed E-state index contributed by atoms with van der Waals surface area (Å²) in [6.45, 7) is -1.25. The first-order chi connectivity index (χ1) is 17.3. The molecule has 0 fully saturated rings. The first kappa shape index (κ1) is 25.2. The molecule has 0 spiro atoms. The van der Waals surface area contributed by atoms with Gasteiger partial charge in [0.25, 0.3) is 5.91 Å². The van der Waals surface area contributed by atoms with E-state index in [0.717, 1.165) is 24.3 Å². The minimum absolute atomic E-state index is 0.0193. The number of carbonyl (C=O) groups excluding carboxylic acids is 2. The van der Waals surface area contributed by atoms with E-state index in [1.165, 1.54) is 18.2 Å². The number of fused-ring (bicyclic) bond motifs is 2. The number of alkyl halides is 3. The fourth-order valence-electron chi connectivity index (χ4n) is 4.55. The van der Waals surface area contributed by atoms with E-state index in [9.17, 15) is 36.6 Å². The molecular formula is C24H14Cl2F5N3O3. The zero-order valence-corrected chi connectivity index (χ0v) is 19.8. The van der Waals surface area contributed by atoms with Crippen LogP contribution in [0.1, 0.15) is 33.1 Å². The van der Waals surface area contributed by atoms with Gasteiger partial charge in [0.05, 0.1) is 24.0 Å². The number of nitrogens with one attached hydrogen (secondary N) is 2. The Balaban J connectivity index is 1.57. The second kappa shape index (κ2) is 8.57. The van der Waals surface area contributed by atoms with Crippen LogP contribution in [-0.2, 0) is 5.60 Å². The van der Waals surface area contributed by atoms with Crippen molar-refractivity contribution in [3.05, 3.63) is 92.5 Å². The van der Waals surface area contributed by atoms with E-state index in [1.807, 2.05) is 0 Å². The van der Waals surface area contributed by atoms with Crippen molar-refractivity contribution in [2.24, 2.45) is 0 Å². The van der Waals surface area contributed by atoms with Gasteiger partial charge in [-0.25, -0.2) is 13.6 Å². The number of carbonyl (C=O) groups is 2. The second-order valence-electron chi connectivity index (χ2n) is 8.52. The van der Waals surface area contributed by atoms with Gasteiger partial charge in [-0.15, -0.1) is 0 Å². The van der Waals surface area contributed by atoms with Crippen molar-refractivity contribution < 1.29 is 36.6 Å². The van der Waals surface area contributed by atoms with Crippen LogP contribution in [0.15, 0.2) is 48.5 Å². The van der Waals surface area contributed by atoms with Gasteiger partial charge in [0, 0.05) is 32.3 Å². The van der Waals surface area contributed by atoms with Crippen LogP contribution in [0.5, 0.6) is 0 Å². The van der Waals surface area contributed by atoms with E-state index in [-0.39, 0.29) is 38.1 Å². The number of hydrogen-bond donors (Lipinski definition) is 3. The molecule has 37 heavy (non-hydrogen) atoms. The Hall–Kier alpha value is -3.41. The van der Waals surface area contributed by atoms with Gasteiger partial charge in [-0.1, -0.05) is 23.2 Å². The average Bonchev–Trinajstić information content (AvgIpc) is 3.30. The molecule has 5 rings (SSSR count). The van der Waals surface area contributed by atoms with Crippen LogP contribution in [0, 0.1) is 11.6 Å². The van der Waals surface area contributed by atoms with Crippen molar-refractivity contribution >= 4 is 46.5 Å². The normalized spacial score (nSPS) is 20.5. The van der Waals surface area contributed by atoms with E-state index in [2.05, 4.69) is 10.6 Å². The van der Waals surface area contributed by atoms with E-state index in [0.29, 0.717) is 11.0 Å². The van der Waals surface area contributed by atoms with Crippen LogP contribution in [0.25, 0.3) is 0 Å². The number of benzene rings is 3. The lowest BCUT2D eigenvalue weighted by atomic mass is 9.95. The Morgan fingerprint density at radius 2 is 1.76 bits per heavy atom. The predicted molar refractivity (Wildman–Crippen MR) is 125 cm³/mol. The number of hydrogen-bond acceptors (Lipinski definition) is 3. The van der Waals surface area contributed by atoms with Gasteiger partial charge < -0.3 is 15.7 Å². The third kappa shape index (κ3) is 4.07. The molecule has 13 heteroatoms. The van der Waals surface area contributed by atoms with Crippen LogP contribution < -0.4 is 15.5 Å². The van der Waals surface area contributed by atoms with Crippen molar-refractivity contribution in [2.45, 2.75) is 17.8 Å². The van der Waals surface area contributed by atoms with E-state index in [4.69, 9.17) is 23.2 Å². The number of rotatable bonds is 2. The highest BCUT2D eigenvalue weighted by molar-refractivity contribution is 6.32. The first-order valence-corrected chi connectivity index (χ1v) is 11.3. The Kier molecular flexibility index (Phi) is 5.85. The van der Waals surface area contributed by atoms with Crippen molar-refractivity contribution in [1.29, 1.82) is 0 Å². The second-order valence-corrected chi connectivity index (χ2v) is 9.37. The number of urea groups is 1. The zero-order chi connectivity index (χ0) is 26.9. The molecule has 0 aromatic heterocycles. The molecule has 6 nitrogen and oxygen atoms in total. The largest absolute Gasteiger partial charge is 0.423 e. The molecule has 0 saturated heterocycles. The molecule has 0 unspecified atom stereocenters. The van der Waals surface area contributed by atoms with Crippen LogP contribution >= 0.6 is 23.2 Å². The highest BCUT2D eigenvalue weighted by atomic mass is 35.5. The monoisotopic (exact) mass is 557 g/mol. The van der Waals surface area contributed by atoms with Crippen LogP contribution in [0.4, 0.5) is 38.1 Å². The third-order valence-corrected chi connectivity index (χ3v) is 6.82. The van der Waals surface area contributed by atoms with Crippen LogP contribution in [0.2, 0.25) is 10.0 Å². The summed E-state index contributed by atoms with van der Waals surface area (Å²) in [5.41, 5.74) is -4.43. The minimum Gasteiger partial charge on any atom is -0.375 e. The number of amides is 3. The predicted octanol–water partition coefficient (Wildman–Crippen LogP) is 5.91. The molecule has 3 amide bonds. The molecule has 3 aromatic carbocycles. The van der Waals surface area contributed by atoms with Gasteiger partial charge in [-0.2, -0.15) is 13.2 Å². The average molecular weight is 558 g/mol. The van der Waals surface area contributed by atoms with Crippen molar-refractivity contribution in [3.63, 3.8) is 0 Å². The van der Waals surface area contributed by atoms with Crippen LogP contribution in [0.3, 0.4) is 0 Å². The van der Waals surface area contributed by atoms with E-state index >= 15 is 0 Å². The molecule has 2 atom stereocenters. The number of aliphatic hydroxyl groups is 1. The fraction of sp³-hybridized carbons (Fsp3) is 0.167. The molecular weight excluding hydrogens is 544 g/mol. The molecule has 2 heterocycles. The lowest BCUT2D eigenvalue weighted by molar-refractivity contribution is -0.258. The summed E-state index contributed by atoms with van der Waals surface area (Å²) in [6.07, 6.45) is -5.22. The molecule has 3 aromatic rings. The Labute approximate surface area is 215 Å². The molecule has 2 aliphatic rings. The number of anilines is 2. The highest BCUT2D eigenvalue weighted by Gasteiger charge is 2.61. The van der Waals surface area contributed by atoms with Gasteiger partial charge in [-0.3, -0.25) is 9.69 Å². The first-order valence-electron chi connectivity index (χ1n) is 10.6. The molecule has 0 bridgehead atoms. The summed E-state index contributed by atoms with van der Waals surface area (Å²) in [7, 11) is 0. The van der Waals surface area contributed by atoms with Crippen molar-refractivity contribution in [1.82, 2.24) is 5.32 Å². The Bertz CT molecular complexity index is 1480. The molecule has 0 radical (unpaired) electrons. The molecule has 0 saturated carbocycles. The maximum Gasteiger partial charge on any atom is 0.423 e. The quantitative estimate of drug-likeness (QED) is 0.343. The van der Waals surface area contributed by atoms with Gasteiger partial charge >= 0.3 is 12.2 Å². The summed E-state index contributed by atoms with van der Waals surface area (Å²) in [5, 5.41) is 15.6. The highest BCUT2D eigenvalue weighted by Crippen LogP contribution is 2.49. The molecule has 3 N–H and O–H groups in total. The van der Waals surface area contributed by atoms with Crippen LogP contribution in [-0.4, -0.2) is 29.8 Å². The fourth-order valence-corrected chi connectivity index (χ4v) is 5.00.